The van der Waals surface area contributed by atoms with Crippen LogP contribution in [0.3, 0.4) is 0 Å². The molecule has 1 atom stereocenters. The van der Waals surface area contributed by atoms with Crippen LogP contribution in [0.15, 0.2) is 73.1 Å². The Morgan fingerprint density at radius 3 is 2.36 bits per heavy atom. The summed E-state index contributed by atoms with van der Waals surface area (Å²) in [6, 6.07) is 18.9. The molecule has 1 amide bonds. The molecule has 0 bridgehead atoms. The number of methoxy groups -OCH3 is 1. The molecule has 0 fully saturated rings. The van der Waals surface area contributed by atoms with E-state index in [1.165, 1.54) is 12.4 Å². The summed E-state index contributed by atoms with van der Waals surface area (Å²) < 4.78 is 5.22. The third-order valence-corrected chi connectivity index (χ3v) is 4.91. The van der Waals surface area contributed by atoms with Crippen molar-refractivity contribution in [3.8, 4) is 29.2 Å². The first kappa shape index (κ1) is 21.4. The molecule has 0 radical (unpaired) electrons. The second-order valence-corrected chi connectivity index (χ2v) is 6.95. The predicted molar refractivity (Wildman–Crippen MR) is 118 cm³/mol. The molecule has 2 aromatic carbocycles. The number of benzene rings is 2. The summed E-state index contributed by atoms with van der Waals surface area (Å²) in [5.41, 5.74) is 2.32. The second-order valence-electron chi connectivity index (χ2n) is 6.95. The highest BCUT2D eigenvalue weighted by Gasteiger charge is 2.22. The fourth-order valence-electron chi connectivity index (χ4n) is 3.19. The van der Waals surface area contributed by atoms with E-state index in [9.17, 15) is 9.90 Å². The lowest BCUT2D eigenvalue weighted by Crippen LogP contribution is -2.29. The summed E-state index contributed by atoms with van der Waals surface area (Å²) >= 11 is 0. The van der Waals surface area contributed by atoms with Crippen LogP contribution in [0.25, 0.3) is 11.5 Å². The number of rotatable bonds is 6. The lowest BCUT2D eigenvalue weighted by molar-refractivity contribution is 0.0939. The number of amides is 1. The van der Waals surface area contributed by atoms with Crippen molar-refractivity contribution in [3.05, 3.63) is 95.3 Å². The first-order valence-corrected chi connectivity index (χ1v) is 9.88. The molecular weight excluding hydrogens is 420 g/mol. The number of aromatic hydroxyl groups is 1. The maximum absolute atomic E-state index is 13.1. The Bertz CT molecular complexity index is 1300. The van der Waals surface area contributed by atoms with Gasteiger partial charge < -0.3 is 15.2 Å². The monoisotopic (exact) mass is 438 g/mol. The summed E-state index contributed by atoms with van der Waals surface area (Å²) in [7, 11) is 1.57. The smallest absolute Gasteiger partial charge is 0.259 e. The summed E-state index contributed by atoms with van der Waals surface area (Å²) in [5.74, 6) is -0.218. The van der Waals surface area contributed by atoms with E-state index >= 15 is 0 Å². The highest BCUT2D eigenvalue weighted by Crippen LogP contribution is 2.26. The minimum absolute atomic E-state index is 0.0882. The van der Waals surface area contributed by atoms with Gasteiger partial charge in [0.25, 0.3) is 5.91 Å². The molecule has 33 heavy (non-hydrogen) atoms. The number of hydrogen-bond acceptors (Lipinski definition) is 8. The van der Waals surface area contributed by atoms with Gasteiger partial charge in [-0.2, -0.15) is 15.3 Å². The van der Waals surface area contributed by atoms with E-state index in [1.54, 1.807) is 55.6 Å². The minimum atomic E-state index is -0.566. The van der Waals surface area contributed by atoms with Gasteiger partial charge in [0, 0.05) is 12.4 Å². The van der Waals surface area contributed by atoms with Crippen molar-refractivity contribution in [2.24, 2.45) is 0 Å². The van der Waals surface area contributed by atoms with Crippen LogP contribution in [0.5, 0.6) is 11.6 Å². The van der Waals surface area contributed by atoms with Gasteiger partial charge in [0.2, 0.25) is 5.88 Å². The third kappa shape index (κ3) is 4.75. The van der Waals surface area contributed by atoms with Crippen molar-refractivity contribution in [3.63, 3.8) is 0 Å². The van der Waals surface area contributed by atoms with Gasteiger partial charge in [-0.1, -0.05) is 24.3 Å². The molecular formula is C24H18N6O3. The Balaban J connectivity index is 1.65. The summed E-state index contributed by atoms with van der Waals surface area (Å²) in [6.45, 7) is 0. The van der Waals surface area contributed by atoms with Gasteiger partial charge in [0.15, 0.2) is 5.82 Å². The molecule has 9 heteroatoms. The molecule has 2 aromatic heterocycles. The molecule has 0 aliphatic heterocycles. The van der Waals surface area contributed by atoms with Crippen molar-refractivity contribution in [2.45, 2.75) is 6.04 Å². The molecule has 0 spiro atoms. The Kier molecular flexibility index (Phi) is 6.18. The van der Waals surface area contributed by atoms with Crippen LogP contribution in [0, 0.1) is 11.3 Å². The van der Waals surface area contributed by atoms with Gasteiger partial charge in [0.1, 0.15) is 17.0 Å². The second kappa shape index (κ2) is 9.53. The predicted octanol–water partition coefficient (Wildman–Crippen LogP) is 3.04. The largest absolute Gasteiger partial charge is 0.497 e. The van der Waals surface area contributed by atoms with Gasteiger partial charge in [-0.3, -0.25) is 4.79 Å². The fraction of sp³-hybridized carbons (Fsp3) is 0.0833. The first-order chi connectivity index (χ1) is 16.1. The summed E-state index contributed by atoms with van der Waals surface area (Å²) in [4.78, 5) is 21.2. The van der Waals surface area contributed by atoms with E-state index in [0.717, 1.165) is 11.1 Å². The highest BCUT2D eigenvalue weighted by molar-refractivity contribution is 5.96. The molecule has 0 aliphatic rings. The number of aromatic nitrogens is 4. The van der Waals surface area contributed by atoms with Crippen LogP contribution in [0.1, 0.15) is 33.1 Å². The molecule has 2 heterocycles. The molecule has 9 nitrogen and oxygen atoms in total. The molecule has 2 N–H and O–H groups in total. The van der Waals surface area contributed by atoms with Crippen LogP contribution in [-0.2, 0) is 0 Å². The average molecular weight is 438 g/mol. The number of carbonyl (C=O) groups excluding carboxylic acids is 1. The molecule has 0 saturated heterocycles. The fourth-order valence-corrected chi connectivity index (χ4v) is 3.19. The van der Waals surface area contributed by atoms with Crippen LogP contribution in [0.2, 0.25) is 0 Å². The Hall–Kier alpha value is -4.84. The van der Waals surface area contributed by atoms with Crippen molar-refractivity contribution in [1.29, 1.82) is 5.26 Å². The topological polar surface area (TPSA) is 134 Å². The zero-order valence-electron chi connectivity index (χ0n) is 17.5. The van der Waals surface area contributed by atoms with E-state index in [0.29, 0.717) is 17.0 Å². The maximum atomic E-state index is 13.1. The number of hydrogen-bond donors (Lipinski definition) is 2. The SMILES string of the molecule is COc1ccc([C@@H](NC(=O)c2cnc(-c3cccnn3)nc2O)c2ccc(C#N)cc2)cc1. The molecule has 4 rings (SSSR count). The quantitative estimate of drug-likeness (QED) is 0.469. The number of ether oxygens (including phenoxy) is 1. The van der Waals surface area contributed by atoms with Crippen molar-refractivity contribution in [1.82, 2.24) is 25.5 Å². The Morgan fingerprint density at radius 2 is 1.79 bits per heavy atom. The average Bonchev–Trinajstić information content (AvgIpc) is 2.88. The molecule has 0 unspecified atom stereocenters. The van der Waals surface area contributed by atoms with E-state index in [1.807, 2.05) is 12.1 Å². The Labute approximate surface area is 189 Å². The number of nitrogens with one attached hydrogen (secondary N) is 1. The van der Waals surface area contributed by atoms with Crippen molar-refractivity contribution < 1.29 is 14.6 Å². The standard InChI is InChI=1S/C24H18N6O3/c1-33-18-10-8-17(9-11-18)21(16-6-4-15(13-25)5-7-16)28-23(31)19-14-26-22(29-24(19)32)20-3-2-12-27-30-20/h2-12,14,21H,1H3,(H,28,31)(H,26,29,32)/t21-/m0/s1. The van der Waals surface area contributed by atoms with E-state index in [-0.39, 0.29) is 11.4 Å². The van der Waals surface area contributed by atoms with Gasteiger partial charge in [0.05, 0.1) is 24.8 Å². The molecule has 0 aliphatic carbocycles. The van der Waals surface area contributed by atoms with Crippen LogP contribution >= 0.6 is 0 Å². The number of nitriles is 1. The minimum Gasteiger partial charge on any atom is -0.497 e. The highest BCUT2D eigenvalue weighted by atomic mass is 16.5. The first-order valence-electron chi connectivity index (χ1n) is 9.88. The van der Waals surface area contributed by atoms with Gasteiger partial charge in [-0.25, -0.2) is 4.98 Å². The summed E-state index contributed by atoms with van der Waals surface area (Å²) in [5, 5.41) is 30.1. The summed E-state index contributed by atoms with van der Waals surface area (Å²) in [6.07, 6.45) is 2.75. The Morgan fingerprint density at radius 1 is 1.09 bits per heavy atom. The molecule has 0 saturated carbocycles. The molecule has 4 aromatic rings. The molecule has 162 valence electrons. The van der Waals surface area contributed by atoms with Crippen molar-refractivity contribution in [2.75, 3.05) is 7.11 Å². The maximum Gasteiger partial charge on any atom is 0.259 e. The third-order valence-electron chi connectivity index (χ3n) is 4.91. The van der Waals surface area contributed by atoms with Crippen LogP contribution < -0.4 is 10.1 Å². The zero-order chi connectivity index (χ0) is 23.2. The van der Waals surface area contributed by atoms with E-state index < -0.39 is 17.8 Å². The van der Waals surface area contributed by atoms with Crippen molar-refractivity contribution >= 4 is 5.91 Å². The number of carbonyl (C=O) groups is 1. The van der Waals surface area contributed by atoms with Gasteiger partial charge in [-0.05, 0) is 47.5 Å². The van der Waals surface area contributed by atoms with E-state index in [4.69, 9.17) is 10.00 Å². The van der Waals surface area contributed by atoms with Gasteiger partial charge in [-0.15, -0.1) is 5.10 Å². The lowest BCUT2D eigenvalue weighted by atomic mass is 9.97. The number of nitrogens with zero attached hydrogens (tertiary/aromatic N) is 5. The normalized spacial score (nSPS) is 11.3. The van der Waals surface area contributed by atoms with Crippen LogP contribution in [0.4, 0.5) is 0 Å². The van der Waals surface area contributed by atoms with E-state index in [2.05, 4.69) is 31.6 Å². The lowest BCUT2D eigenvalue weighted by Gasteiger charge is -2.20. The van der Waals surface area contributed by atoms with Crippen LogP contribution in [-0.4, -0.2) is 38.3 Å². The zero-order valence-corrected chi connectivity index (χ0v) is 17.5. The van der Waals surface area contributed by atoms with Gasteiger partial charge >= 0.3 is 0 Å².